The highest BCUT2D eigenvalue weighted by Gasteiger charge is 2.15. The Labute approximate surface area is 102 Å². The molecule has 0 aliphatic heterocycles. The number of ether oxygens (including phenoxy) is 1. The number of hydrogen-bond acceptors (Lipinski definition) is 4. The van der Waals surface area contributed by atoms with Crippen LogP contribution in [0.3, 0.4) is 0 Å². The molecule has 0 rings (SSSR count). The van der Waals surface area contributed by atoms with Crippen molar-refractivity contribution in [1.82, 2.24) is 4.72 Å². The molecule has 0 aromatic carbocycles. The van der Waals surface area contributed by atoms with Gasteiger partial charge in [0.15, 0.2) is 0 Å². The molecule has 0 fully saturated rings. The van der Waals surface area contributed by atoms with Crippen molar-refractivity contribution in [1.29, 1.82) is 0 Å². The molecule has 0 aromatic heterocycles. The number of alkyl halides is 1. The van der Waals surface area contributed by atoms with Gasteiger partial charge in [-0.15, -0.1) is 11.6 Å². The van der Waals surface area contributed by atoms with Crippen molar-refractivity contribution in [2.45, 2.75) is 20.3 Å². The molecule has 0 aliphatic carbocycles. The lowest BCUT2D eigenvalue weighted by molar-refractivity contribution is -0.142. The van der Waals surface area contributed by atoms with Gasteiger partial charge < -0.3 is 4.74 Å². The lowest BCUT2D eigenvalue weighted by Crippen LogP contribution is -2.31. The van der Waals surface area contributed by atoms with Crippen molar-refractivity contribution in [3.05, 3.63) is 0 Å². The molecule has 0 radical (unpaired) electrons. The first-order chi connectivity index (χ1) is 7.41. The van der Waals surface area contributed by atoms with Crippen LogP contribution in [0.4, 0.5) is 0 Å². The first kappa shape index (κ1) is 15.7. The third kappa shape index (κ3) is 7.90. The smallest absolute Gasteiger partial charge is 0.307 e. The Balaban J connectivity index is 3.87. The van der Waals surface area contributed by atoms with Gasteiger partial charge in [0.2, 0.25) is 10.0 Å². The molecule has 0 amide bonds. The minimum Gasteiger partial charge on any atom is -0.466 e. The maximum atomic E-state index is 11.4. The van der Waals surface area contributed by atoms with E-state index in [0.717, 1.165) is 0 Å². The van der Waals surface area contributed by atoms with Crippen LogP contribution in [0, 0.1) is 5.92 Å². The summed E-state index contributed by atoms with van der Waals surface area (Å²) in [6, 6.07) is 0. The SMILES string of the molecule is CCOC(=O)CCNS(=O)(=O)CC(C)CCl. The van der Waals surface area contributed by atoms with Crippen molar-refractivity contribution in [2.24, 2.45) is 5.92 Å². The fourth-order valence-corrected chi connectivity index (χ4v) is 2.66. The zero-order valence-electron chi connectivity index (χ0n) is 9.53. The van der Waals surface area contributed by atoms with Gasteiger partial charge in [0.25, 0.3) is 0 Å². The van der Waals surface area contributed by atoms with E-state index in [4.69, 9.17) is 11.6 Å². The Bertz CT molecular complexity index is 305. The molecule has 96 valence electrons. The van der Waals surface area contributed by atoms with Gasteiger partial charge in [-0.1, -0.05) is 6.92 Å². The summed E-state index contributed by atoms with van der Waals surface area (Å²) in [7, 11) is -3.35. The molecule has 0 heterocycles. The van der Waals surface area contributed by atoms with Gasteiger partial charge in [-0.2, -0.15) is 0 Å². The highest BCUT2D eigenvalue weighted by atomic mass is 35.5. The van der Waals surface area contributed by atoms with E-state index in [1.165, 1.54) is 0 Å². The highest BCUT2D eigenvalue weighted by Crippen LogP contribution is 2.01. The lowest BCUT2D eigenvalue weighted by Gasteiger charge is -2.09. The second-order valence-corrected chi connectivity index (χ2v) is 5.65. The molecule has 0 saturated heterocycles. The van der Waals surface area contributed by atoms with E-state index in [2.05, 4.69) is 9.46 Å². The van der Waals surface area contributed by atoms with Gasteiger partial charge in [0.1, 0.15) is 0 Å². The average molecular weight is 272 g/mol. The molecule has 0 spiro atoms. The van der Waals surface area contributed by atoms with E-state index in [0.29, 0.717) is 12.5 Å². The number of hydrogen-bond donors (Lipinski definition) is 1. The molecular weight excluding hydrogens is 254 g/mol. The molecule has 1 N–H and O–H groups in total. The van der Waals surface area contributed by atoms with Crippen molar-refractivity contribution < 1.29 is 17.9 Å². The summed E-state index contributed by atoms with van der Waals surface area (Å²) in [6.07, 6.45) is 0.0440. The molecule has 7 heteroatoms. The molecule has 1 unspecified atom stereocenters. The zero-order valence-corrected chi connectivity index (χ0v) is 11.1. The largest absolute Gasteiger partial charge is 0.466 e. The van der Waals surface area contributed by atoms with Crippen LogP contribution in [0.1, 0.15) is 20.3 Å². The predicted molar refractivity (Wildman–Crippen MR) is 62.9 cm³/mol. The van der Waals surface area contributed by atoms with Crippen molar-refractivity contribution in [2.75, 3.05) is 24.8 Å². The van der Waals surface area contributed by atoms with E-state index >= 15 is 0 Å². The van der Waals surface area contributed by atoms with E-state index in [1.54, 1.807) is 13.8 Å². The number of carbonyl (C=O) groups is 1. The van der Waals surface area contributed by atoms with Gasteiger partial charge in [-0.05, 0) is 12.8 Å². The van der Waals surface area contributed by atoms with Crippen LogP contribution in [0.5, 0.6) is 0 Å². The standard InChI is InChI=1S/C9H18ClNO4S/c1-3-15-9(12)4-5-11-16(13,14)7-8(2)6-10/h8,11H,3-7H2,1-2H3. The minimum absolute atomic E-state index is 0.0284. The first-order valence-electron chi connectivity index (χ1n) is 5.10. The van der Waals surface area contributed by atoms with Crippen molar-refractivity contribution in [3.8, 4) is 0 Å². The summed E-state index contributed by atoms with van der Waals surface area (Å²) in [5, 5.41) is 0. The maximum absolute atomic E-state index is 11.4. The summed E-state index contributed by atoms with van der Waals surface area (Å²) in [5.41, 5.74) is 0. The van der Waals surface area contributed by atoms with E-state index in [1.807, 2.05) is 0 Å². The first-order valence-corrected chi connectivity index (χ1v) is 7.29. The molecule has 0 aliphatic rings. The molecule has 0 aromatic rings. The molecular formula is C9H18ClNO4S. The minimum atomic E-state index is -3.35. The maximum Gasteiger partial charge on any atom is 0.307 e. The summed E-state index contributed by atoms with van der Waals surface area (Å²) in [6.45, 7) is 3.81. The van der Waals surface area contributed by atoms with Crippen molar-refractivity contribution >= 4 is 27.6 Å². The fraction of sp³-hybridized carbons (Fsp3) is 0.889. The van der Waals surface area contributed by atoms with Gasteiger partial charge in [-0.25, -0.2) is 13.1 Å². The molecule has 5 nitrogen and oxygen atoms in total. The van der Waals surface area contributed by atoms with Crippen LogP contribution in [0.25, 0.3) is 0 Å². The van der Waals surface area contributed by atoms with E-state index in [-0.39, 0.29) is 24.6 Å². The number of carbonyl (C=O) groups excluding carboxylic acids is 1. The Morgan fingerprint density at radius 3 is 2.62 bits per heavy atom. The highest BCUT2D eigenvalue weighted by molar-refractivity contribution is 7.89. The van der Waals surface area contributed by atoms with Crippen molar-refractivity contribution in [3.63, 3.8) is 0 Å². The number of rotatable bonds is 8. The van der Waals surface area contributed by atoms with Crippen LogP contribution < -0.4 is 4.72 Å². The van der Waals surface area contributed by atoms with E-state index < -0.39 is 16.0 Å². The number of nitrogens with one attached hydrogen (secondary N) is 1. The second kappa shape index (κ2) is 7.86. The Morgan fingerprint density at radius 1 is 1.50 bits per heavy atom. The Morgan fingerprint density at radius 2 is 2.12 bits per heavy atom. The number of halogens is 1. The molecule has 0 bridgehead atoms. The zero-order chi connectivity index (χ0) is 12.6. The third-order valence-electron chi connectivity index (χ3n) is 1.72. The number of esters is 1. The second-order valence-electron chi connectivity index (χ2n) is 3.49. The fourth-order valence-electron chi connectivity index (χ4n) is 1.02. The van der Waals surface area contributed by atoms with Gasteiger partial charge >= 0.3 is 5.97 Å². The van der Waals surface area contributed by atoms with E-state index in [9.17, 15) is 13.2 Å². The van der Waals surface area contributed by atoms with Crippen LogP contribution in [-0.2, 0) is 19.6 Å². The Hall–Kier alpha value is -0.330. The Kier molecular flexibility index (Phi) is 7.70. The molecule has 1 atom stereocenters. The van der Waals surface area contributed by atoms with Crippen LogP contribution >= 0.6 is 11.6 Å². The van der Waals surface area contributed by atoms with Crippen LogP contribution in [0.2, 0.25) is 0 Å². The number of sulfonamides is 1. The predicted octanol–water partition coefficient (Wildman–Crippen LogP) is 0.734. The van der Waals surface area contributed by atoms with Crippen LogP contribution in [-0.4, -0.2) is 39.2 Å². The quantitative estimate of drug-likeness (QED) is 0.522. The molecule has 16 heavy (non-hydrogen) atoms. The normalized spacial score (nSPS) is 13.4. The summed E-state index contributed by atoms with van der Waals surface area (Å²) in [4.78, 5) is 10.9. The van der Waals surface area contributed by atoms with Crippen LogP contribution in [0.15, 0.2) is 0 Å². The van der Waals surface area contributed by atoms with Gasteiger partial charge in [-0.3, -0.25) is 4.79 Å². The monoisotopic (exact) mass is 271 g/mol. The average Bonchev–Trinajstić information content (AvgIpc) is 2.16. The van der Waals surface area contributed by atoms with Gasteiger partial charge in [0, 0.05) is 12.4 Å². The topological polar surface area (TPSA) is 72.5 Å². The summed E-state index contributed by atoms with van der Waals surface area (Å²) in [5.74, 6) is -0.254. The summed E-state index contributed by atoms with van der Waals surface area (Å²) < 4.78 is 29.8. The summed E-state index contributed by atoms with van der Waals surface area (Å²) >= 11 is 5.52. The molecule has 0 saturated carbocycles. The lowest BCUT2D eigenvalue weighted by atomic mass is 10.3. The third-order valence-corrected chi connectivity index (χ3v) is 3.90. The van der Waals surface area contributed by atoms with Gasteiger partial charge in [0.05, 0.1) is 18.8 Å².